The molecule has 1 aromatic carbocycles. The van der Waals surface area contributed by atoms with Gasteiger partial charge in [-0.25, -0.2) is 0 Å². The molecule has 7 heteroatoms. The summed E-state index contributed by atoms with van der Waals surface area (Å²) in [6, 6.07) is 5.11. The molecule has 0 bridgehead atoms. The normalized spacial score (nSPS) is 22.2. The topological polar surface area (TPSA) is 41.6 Å². The standard InChI is InChI=1S/C17H23F3N2O2/c1-11-4-5-14(15(8-11)24-10-17(18,19)20)21-16(23)13-6-7-22(3)12(2)9-13/h4-5,8,12-13H,6-7,9-10H2,1-3H3,(H,21,23)/t12-,13-/m0/s1. The van der Waals surface area contributed by atoms with E-state index in [0.717, 1.165) is 24.9 Å². The number of anilines is 1. The molecule has 0 spiro atoms. The summed E-state index contributed by atoms with van der Waals surface area (Å²) in [7, 11) is 2.02. The fourth-order valence-corrected chi connectivity index (χ4v) is 2.77. The summed E-state index contributed by atoms with van der Waals surface area (Å²) < 4.78 is 42.0. The Morgan fingerprint density at radius 2 is 2.12 bits per heavy atom. The lowest BCUT2D eigenvalue weighted by molar-refractivity contribution is -0.153. The average molecular weight is 344 g/mol. The van der Waals surface area contributed by atoms with Crippen LogP contribution in [0.5, 0.6) is 5.75 Å². The molecule has 1 saturated heterocycles. The van der Waals surface area contributed by atoms with E-state index in [1.54, 1.807) is 19.1 Å². The van der Waals surface area contributed by atoms with Gasteiger partial charge in [-0.3, -0.25) is 4.79 Å². The second-order valence-corrected chi connectivity index (χ2v) is 6.44. The molecule has 1 heterocycles. The number of piperidine rings is 1. The molecule has 1 fully saturated rings. The third-order valence-electron chi connectivity index (χ3n) is 4.37. The van der Waals surface area contributed by atoms with E-state index in [9.17, 15) is 18.0 Å². The minimum absolute atomic E-state index is 0.0432. The zero-order chi connectivity index (χ0) is 17.9. The maximum Gasteiger partial charge on any atom is 0.422 e. The van der Waals surface area contributed by atoms with Crippen molar-refractivity contribution in [2.24, 2.45) is 5.92 Å². The number of nitrogens with zero attached hydrogens (tertiary/aromatic N) is 1. The highest BCUT2D eigenvalue weighted by atomic mass is 19.4. The Bertz CT molecular complexity index is 590. The van der Waals surface area contributed by atoms with Crippen LogP contribution in [0.2, 0.25) is 0 Å². The number of halogens is 3. The number of nitrogens with one attached hydrogen (secondary N) is 1. The maximum absolute atomic E-state index is 12.5. The molecule has 0 saturated carbocycles. The number of hydrogen-bond acceptors (Lipinski definition) is 3. The van der Waals surface area contributed by atoms with E-state index >= 15 is 0 Å². The van der Waals surface area contributed by atoms with Crippen LogP contribution in [0.4, 0.5) is 18.9 Å². The van der Waals surface area contributed by atoms with Gasteiger partial charge < -0.3 is 15.0 Å². The Kier molecular flexibility index (Phi) is 5.74. The van der Waals surface area contributed by atoms with Gasteiger partial charge in [-0.05, 0) is 58.0 Å². The molecular weight excluding hydrogens is 321 g/mol. The van der Waals surface area contributed by atoms with Crippen molar-refractivity contribution in [2.45, 2.75) is 38.9 Å². The summed E-state index contributed by atoms with van der Waals surface area (Å²) in [5.41, 5.74) is 1.04. The van der Waals surface area contributed by atoms with Gasteiger partial charge in [0, 0.05) is 12.0 Å². The second-order valence-electron chi connectivity index (χ2n) is 6.44. The van der Waals surface area contributed by atoms with Gasteiger partial charge in [0.25, 0.3) is 0 Å². The number of rotatable bonds is 4. The summed E-state index contributed by atoms with van der Waals surface area (Å²) >= 11 is 0. The summed E-state index contributed by atoms with van der Waals surface area (Å²) in [4.78, 5) is 14.6. The van der Waals surface area contributed by atoms with Crippen molar-refractivity contribution < 1.29 is 22.7 Å². The Morgan fingerprint density at radius 1 is 1.42 bits per heavy atom. The summed E-state index contributed by atoms with van der Waals surface area (Å²) in [6.07, 6.45) is -2.96. The van der Waals surface area contributed by atoms with Crippen molar-refractivity contribution in [1.82, 2.24) is 4.90 Å². The van der Waals surface area contributed by atoms with E-state index in [2.05, 4.69) is 17.1 Å². The summed E-state index contributed by atoms with van der Waals surface area (Å²) in [6.45, 7) is 3.25. The minimum atomic E-state index is -4.42. The van der Waals surface area contributed by atoms with Gasteiger partial charge in [0.15, 0.2) is 6.61 Å². The van der Waals surface area contributed by atoms with Crippen LogP contribution < -0.4 is 10.1 Å². The van der Waals surface area contributed by atoms with Gasteiger partial charge in [0.05, 0.1) is 5.69 Å². The number of carbonyl (C=O) groups excluding carboxylic acids is 1. The van der Waals surface area contributed by atoms with Crippen molar-refractivity contribution >= 4 is 11.6 Å². The molecule has 24 heavy (non-hydrogen) atoms. The average Bonchev–Trinajstić information content (AvgIpc) is 2.49. The van der Waals surface area contributed by atoms with Crippen molar-refractivity contribution in [3.05, 3.63) is 23.8 Å². The van der Waals surface area contributed by atoms with E-state index in [1.165, 1.54) is 6.07 Å². The van der Waals surface area contributed by atoms with Crippen LogP contribution in [0.15, 0.2) is 18.2 Å². The zero-order valence-electron chi connectivity index (χ0n) is 14.1. The van der Waals surface area contributed by atoms with Crippen LogP contribution in [0.3, 0.4) is 0 Å². The lowest BCUT2D eigenvalue weighted by Crippen LogP contribution is -2.41. The number of benzene rings is 1. The Hall–Kier alpha value is -1.76. The number of alkyl halides is 3. The summed E-state index contributed by atoms with van der Waals surface area (Å²) in [5.74, 6) is -0.273. The van der Waals surface area contributed by atoms with E-state index < -0.39 is 12.8 Å². The second kappa shape index (κ2) is 7.42. The lowest BCUT2D eigenvalue weighted by atomic mass is 9.91. The first-order chi connectivity index (χ1) is 11.2. The SMILES string of the molecule is Cc1ccc(NC(=O)[C@H]2CCN(C)[C@@H](C)C2)c(OCC(F)(F)F)c1. The molecular formula is C17H23F3N2O2. The Labute approximate surface area is 140 Å². The molecule has 4 nitrogen and oxygen atoms in total. The van der Waals surface area contributed by atoms with Gasteiger partial charge in [-0.15, -0.1) is 0 Å². The minimum Gasteiger partial charge on any atom is -0.482 e. The molecule has 1 aliphatic rings. The molecule has 2 rings (SSSR count). The highest BCUT2D eigenvalue weighted by Crippen LogP contribution is 2.30. The number of aryl methyl sites for hydroxylation is 1. The van der Waals surface area contributed by atoms with Crippen LogP contribution >= 0.6 is 0 Å². The fraction of sp³-hybridized carbons (Fsp3) is 0.588. The predicted molar refractivity (Wildman–Crippen MR) is 86.2 cm³/mol. The molecule has 2 atom stereocenters. The third-order valence-corrected chi connectivity index (χ3v) is 4.37. The quantitative estimate of drug-likeness (QED) is 0.907. The van der Waals surface area contributed by atoms with E-state index in [0.29, 0.717) is 6.04 Å². The van der Waals surface area contributed by atoms with Crippen LogP contribution in [0, 0.1) is 12.8 Å². The number of ether oxygens (including phenoxy) is 1. The van der Waals surface area contributed by atoms with Crippen molar-refractivity contribution in [1.29, 1.82) is 0 Å². The van der Waals surface area contributed by atoms with Crippen LogP contribution in [-0.4, -0.2) is 43.2 Å². The molecule has 0 radical (unpaired) electrons. The number of likely N-dealkylation sites (tertiary alicyclic amines) is 1. The number of carbonyl (C=O) groups is 1. The molecule has 1 N–H and O–H groups in total. The first-order valence-electron chi connectivity index (χ1n) is 7.97. The first kappa shape index (κ1) is 18.6. The van der Waals surface area contributed by atoms with Gasteiger partial charge in [-0.1, -0.05) is 6.07 Å². The van der Waals surface area contributed by atoms with Crippen molar-refractivity contribution in [2.75, 3.05) is 25.5 Å². The van der Waals surface area contributed by atoms with Crippen LogP contribution in [-0.2, 0) is 4.79 Å². The van der Waals surface area contributed by atoms with E-state index in [4.69, 9.17) is 4.74 Å². The fourth-order valence-electron chi connectivity index (χ4n) is 2.77. The van der Waals surface area contributed by atoms with E-state index in [1.807, 2.05) is 7.05 Å². The largest absolute Gasteiger partial charge is 0.482 e. The highest BCUT2D eigenvalue weighted by molar-refractivity contribution is 5.94. The van der Waals surface area contributed by atoms with Crippen LogP contribution in [0.1, 0.15) is 25.3 Å². The molecule has 0 unspecified atom stereocenters. The molecule has 1 amide bonds. The smallest absolute Gasteiger partial charge is 0.422 e. The van der Waals surface area contributed by atoms with Crippen LogP contribution in [0.25, 0.3) is 0 Å². The highest BCUT2D eigenvalue weighted by Gasteiger charge is 2.30. The summed E-state index contributed by atoms with van der Waals surface area (Å²) in [5, 5.41) is 2.73. The Balaban J connectivity index is 2.07. The predicted octanol–water partition coefficient (Wildman–Crippen LogP) is 3.60. The molecule has 0 aromatic heterocycles. The first-order valence-corrected chi connectivity index (χ1v) is 7.97. The molecule has 1 aliphatic heterocycles. The van der Waals surface area contributed by atoms with Gasteiger partial charge in [0.2, 0.25) is 5.91 Å². The van der Waals surface area contributed by atoms with Gasteiger partial charge in [-0.2, -0.15) is 13.2 Å². The third kappa shape index (κ3) is 5.12. The van der Waals surface area contributed by atoms with Gasteiger partial charge in [0.1, 0.15) is 5.75 Å². The monoisotopic (exact) mass is 344 g/mol. The maximum atomic E-state index is 12.5. The molecule has 1 aromatic rings. The van der Waals surface area contributed by atoms with Gasteiger partial charge >= 0.3 is 6.18 Å². The zero-order valence-corrected chi connectivity index (χ0v) is 14.1. The Morgan fingerprint density at radius 3 is 2.75 bits per heavy atom. The van der Waals surface area contributed by atoms with Crippen molar-refractivity contribution in [3.8, 4) is 5.75 Å². The number of hydrogen-bond donors (Lipinski definition) is 1. The van der Waals surface area contributed by atoms with E-state index in [-0.39, 0.29) is 23.3 Å². The number of amides is 1. The molecule has 134 valence electrons. The van der Waals surface area contributed by atoms with Crippen molar-refractivity contribution in [3.63, 3.8) is 0 Å². The lowest BCUT2D eigenvalue weighted by Gasteiger charge is -2.34. The molecule has 0 aliphatic carbocycles.